The Morgan fingerprint density at radius 1 is 0.828 bits per heavy atom. The van der Waals surface area contributed by atoms with Gasteiger partial charge in [-0.1, -0.05) is 42.5 Å². The zero-order chi connectivity index (χ0) is 20.5. The predicted molar refractivity (Wildman–Crippen MR) is 111 cm³/mol. The van der Waals surface area contributed by atoms with Gasteiger partial charge in [-0.25, -0.2) is 0 Å². The highest BCUT2D eigenvalue weighted by Gasteiger charge is 2.13. The first-order valence-electron chi connectivity index (χ1n) is 9.13. The third-order valence-corrected chi connectivity index (χ3v) is 4.17. The summed E-state index contributed by atoms with van der Waals surface area (Å²) in [5, 5.41) is 5.60. The molecule has 148 valence electrons. The van der Waals surface area contributed by atoms with Gasteiger partial charge in [-0.05, 0) is 42.0 Å². The molecule has 3 aromatic carbocycles. The van der Waals surface area contributed by atoms with E-state index in [1.54, 1.807) is 55.6 Å². The predicted octanol–water partition coefficient (Wildman–Crippen LogP) is 3.64. The van der Waals surface area contributed by atoms with Crippen LogP contribution in [0.3, 0.4) is 0 Å². The smallest absolute Gasteiger partial charge is 0.262 e. The van der Waals surface area contributed by atoms with Crippen molar-refractivity contribution in [2.75, 3.05) is 19.0 Å². The summed E-state index contributed by atoms with van der Waals surface area (Å²) in [6.45, 7) is 0.231. The van der Waals surface area contributed by atoms with Crippen LogP contribution >= 0.6 is 0 Å². The highest BCUT2D eigenvalue weighted by atomic mass is 16.5. The van der Waals surface area contributed by atoms with Crippen LogP contribution in [0.4, 0.5) is 5.69 Å². The molecule has 0 bridgehead atoms. The number of methoxy groups -OCH3 is 1. The van der Waals surface area contributed by atoms with Crippen LogP contribution in [-0.4, -0.2) is 25.5 Å². The lowest BCUT2D eigenvalue weighted by Gasteiger charge is -2.12. The highest BCUT2D eigenvalue weighted by Crippen LogP contribution is 2.18. The van der Waals surface area contributed by atoms with Gasteiger partial charge in [0.15, 0.2) is 6.61 Å². The van der Waals surface area contributed by atoms with Gasteiger partial charge in [0.2, 0.25) is 0 Å². The van der Waals surface area contributed by atoms with Crippen molar-refractivity contribution in [3.63, 3.8) is 0 Å². The van der Waals surface area contributed by atoms with E-state index in [0.717, 1.165) is 5.56 Å². The molecule has 0 spiro atoms. The molecule has 2 amide bonds. The zero-order valence-electron chi connectivity index (χ0n) is 16.1. The lowest BCUT2D eigenvalue weighted by molar-refractivity contribution is -0.118. The first-order chi connectivity index (χ1) is 14.2. The zero-order valence-corrected chi connectivity index (χ0v) is 16.1. The molecule has 0 saturated heterocycles. The van der Waals surface area contributed by atoms with E-state index in [4.69, 9.17) is 9.47 Å². The number of rotatable bonds is 8. The molecule has 3 rings (SSSR count). The second-order valence-electron chi connectivity index (χ2n) is 6.23. The van der Waals surface area contributed by atoms with Gasteiger partial charge >= 0.3 is 0 Å². The van der Waals surface area contributed by atoms with Crippen molar-refractivity contribution >= 4 is 17.5 Å². The fourth-order valence-electron chi connectivity index (χ4n) is 2.67. The number of amides is 2. The van der Waals surface area contributed by atoms with Gasteiger partial charge in [-0.2, -0.15) is 0 Å². The van der Waals surface area contributed by atoms with E-state index in [-0.39, 0.29) is 18.4 Å². The average Bonchev–Trinajstić information content (AvgIpc) is 2.77. The van der Waals surface area contributed by atoms with Crippen LogP contribution in [0.25, 0.3) is 0 Å². The largest absolute Gasteiger partial charge is 0.497 e. The van der Waals surface area contributed by atoms with Crippen molar-refractivity contribution < 1.29 is 19.1 Å². The van der Waals surface area contributed by atoms with Crippen LogP contribution in [0.15, 0.2) is 78.9 Å². The maximum Gasteiger partial charge on any atom is 0.262 e. The van der Waals surface area contributed by atoms with E-state index in [2.05, 4.69) is 10.6 Å². The van der Waals surface area contributed by atoms with Gasteiger partial charge in [0, 0.05) is 6.54 Å². The van der Waals surface area contributed by atoms with Crippen molar-refractivity contribution in [3.8, 4) is 11.5 Å². The number of carbonyl (C=O) groups excluding carboxylic acids is 2. The number of benzene rings is 3. The monoisotopic (exact) mass is 390 g/mol. The van der Waals surface area contributed by atoms with Gasteiger partial charge in [-0.3, -0.25) is 9.59 Å². The van der Waals surface area contributed by atoms with E-state index < -0.39 is 0 Å². The van der Waals surface area contributed by atoms with Crippen LogP contribution in [0, 0.1) is 0 Å². The minimum absolute atomic E-state index is 0.174. The number of para-hydroxylation sites is 1. The summed E-state index contributed by atoms with van der Waals surface area (Å²) < 4.78 is 10.6. The average molecular weight is 390 g/mol. The lowest BCUT2D eigenvalue weighted by Crippen LogP contribution is -2.26. The molecule has 0 aliphatic heterocycles. The van der Waals surface area contributed by atoms with Crippen molar-refractivity contribution in [3.05, 3.63) is 90.0 Å². The molecule has 0 aliphatic carbocycles. The quantitative estimate of drug-likeness (QED) is 0.616. The van der Waals surface area contributed by atoms with Crippen molar-refractivity contribution in [1.29, 1.82) is 0 Å². The minimum Gasteiger partial charge on any atom is -0.497 e. The molecule has 0 aromatic heterocycles. The molecule has 6 nitrogen and oxygen atoms in total. The Morgan fingerprint density at radius 3 is 2.21 bits per heavy atom. The summed E-state index contributed by atoms with van der Waals surface area (Å²) in [6, 6.07) is 23.4. The second kappa shape index (κ2) is 9.94. The fourth-order valence-corrected chi connectivity index (χ4v) is 2.67. The van der Waals surface area contributed by atoms with E-state index in [1.165, 1.54) is 0 Å². The number of hydrogen-bond donors (Lipinski definition) is 2. The van der Waals surface area contributed by atoms with E-state index >= 15 is 0 Å². The number of nitrogens with one attached hydrogen (secondary N) is 2. The summed E-state index contributed by atoms with van der Waals surface area (Å²) in [6.07, 6.45) is 0. The molecule has 0 heterocycles. The third kappa shape index (κ3) is 5.84. The van der Waals surface area contributed by atoms with Gasteiger partial charge < -0.3 is 20.1 Å². The van der Waals surface area contributed by atoms with Crippen LogP contribution < -0.4 is 20.1 Å². The Morgan fingerprint density at radius 2 is 1.48 bits per heavy atom. The summed E-state index contributed by atoms with van der Waals surface area (Å²) in [4.78, 5) is 24.8. The fraction of sp³-hybridized carbons (Fsp3) is 0.130. The molecule has 3 aromatic rings. The molecule has 0 radical (unpaired) electrons. The van der Waals surface area contributed by atoms with Crippen molar-refractivity contribution in [1.82, 2.24) is 5.32 Å². The van der Waals surface area contributed by atoms with Gasteiger partial charge in [-0.15, -0.1) is 0 Å². The lowest BCUT2D eigenvalue weighted by atomic mass is 10.1. The van der Waals surface area contributed by atoms with Crippen LogP contribution in [0.5, 0.6) is 11.5 Å². The molecule has 0 unspecified atom stereocenters. The molecular formula is C23H22N2O4. The number of carbonyl (C=O) groups is 2. The van der Waals surface area contributed by atoms with Gasteiger partial charge in [0.25, 0.3) is 11.8 Å². The number of hydrogen-bond acceptors (Lipinski definition) is 4. The number of anilines is 1. The second-order valence-corrected chi connectivity index (χ2v) is 6.23. The van der Waals surface area contributed by atoms with Crippen LogP contribution in [0.2, 0.25) is 0 Å². The number of ether oxygens (including phenoxy) is 2. The van der Waals surface area contributed by atoms with E-state index in [9.17, 15) is 9.59 Å². The summed E-state index contributed by atoms with van der Waals surface area (Å²) in [5.41, 5.74) is 1.82. The Balaban J connectivity index is 1.57. The highest BCUT2D eigenvalue weighted by molar-refractivity contribution is 6.04. The van der Waals surface area contributed by atoms with Crippen LogP contribution in [-0.2, 0) is 11.3 Å². The first-order valence-corrected chi connectivity index (χ1v) is 9.13. The standard InChI is InChI=1S/C23H22N2O4/c1-28-18-11-13-19(14-12-18)29-16-22(26)25-21-10-6-5-9-20(21)23(27)24-15-17-7-3-2-4-8-17/h2-14H,15-16H2,1H3,(H,24,27)(H,25,26). The molecule has 6 heteroatoms. The summed E-state index contributed by atoms with van der Waals surface area (Å²) >= 11 is 0. The normalized spacial score (nSPS) is 10.1. The van der Waals surface area contributed by atoms with Crippen LogP contribution in [0.1, 0.15) is 15.9 Å². The topological polar surface area (TPSA) is 76.7 Å². The van der Waals surface area contributed by atoms with E-state index in [0.29, 0.717) is 29.3 Å². The molecule has 2 N–H and O–H groups in total. The molecule has 0 aliphatic rings. The Kier molecular flexibility index (Phi) is 6.84. The molecule has 0 fully saturated rings. The Hall–Kier alpha value is -3.80. The van der Waals surface area contributed by atoms with Gasteiger partial charge in [0.05, 0.1) is 18.4 Å². The summed E-state index contributed by atoms with van der Waals surface area (Å²) in [5.74, 6) is 0.636. The Bertz CT molecular complexity index is 956. The molecule has 0 saturated carbocycles. The Labute approximate surface area is 169 Å². The molecule has 29 heavy (non-hydrogen) atoms. The maximum atomic E-state index is 12.6. The van der Waals surface area contributed by atoms with Gasteiger partial charge in [0.1, 0.15) is 11.5 Å². The first kappa shape index (κ1) is 19.9. The van der Waals surface area contributed by atoms with Crippen molar-refractivity contribution in [2.24, 2.45) is 0 Å². The minimum atomic E-state index is -0.357. The van der Waals surface area contributed by atoms with Crippen molar-refractivity contribution in [2.45, 2.75) is 6.54 Å². The SMILES string of the molecule is COc1ccc(OCC(=O)Nc2ccccc2C(=O)NCc2ccccc2)cc1. The van der Waals surface area contributed by atoms with E-state index in [1.807, 2.05) is 30.3 Å². The summed E-state index contributed by atoms with van der Waals surface area (Å²) in [7, 11) is 1.58. The maximum absolute atomic E-state index is 12.6. The molecular weight excluding hydrogens is 368 g/mol. The molecule has 0 atom stereocenters. The third-order valence-electron chi connectivity index (χ3n) is 4.17.